The number of carbonyl (C=O) groups excluding carboxylic acids is 1. The second-order valence-electron chi connectivity index (χ2n) is 3.81. The fourth-order valence-electron chi connectivity index (χ4n) is 1.47. The average Bonchev–Trinajstić information content (AvgIpc) is 3.11. The molecule has 1 aromatic carbocycles. The summed E-state index contributed by atoms with van der Waals surface area (Å²) in [5, 5.41) is 0. The van der Waals surface area contributed by atoms with E-state index in [1.807, 2.05) is 0 Å². The number of allylic oxidation sites excluding steroid dienone is 1. The van der Waals surface area contributed by atoms with Gasteiger partial charge in [-0.1, -0.05) is 18.2 Å². The van der Waals surface area contributed by atoms with E-state index in [9.17, 15) is 9.18 Å². The number of hydrogen-bond acceptors (Lipinski definition) is 3. The molecule has 90 valence electrons. The van der Waals surface area contributed by atoms with E-state index in [1.165, 1.54) is 12.1 Å². The van der Waals surface area contributed by atoms with Gasteiger partial charge < -0.3 is 4.18 Å². The number of hydrogen-bond donors (Lipinski definition) is 1. The first-order chi connectivity index (χ1) is 8.22. The molecule has 0 aromatic heterocycles. The van der Waals surface area contributed by atoms with Crippen LogP contribution in [-0.2, 0) is 4.79 Å². The van der Waals surface area contributed by atoms with Gasteiger partial charge in [-0.25, -0.2) is 4.39 Å². The fourth-order valence-corrected chi connectivity index (χ4v) is 1.97. The van der Waals surface area contributed by atoms with Gasteiger partial charge in [0.15, 0.2) is 23.8 Å². The van der Waals surface area contributed by atoms with Crippen LogP contribution in [0.15, 0.2) is 36.9 Å². The SMILES string of the molecule is C=C[C@@H]1C[C@@H]1C(=O)NSOc1ccccc1F. The van der Waals surface area contributed by atoms with Crippen molar-refractivity contribution < 1.29 is 13.4 Å². The van der Waals surface area contributed by atoms with Crippen molar-refractivity contribution in [2.24, 2.45) is 11.8 Å². The Hall–Kier alpha value is -1.49. The van der Waals surface area contributed by atoms with Crippen molar-refractivity contribution >= 4 is 18.1 Å². The summed E-state index contributed by atoms with van der Waals surface area (Å²) >= 11 is 0.736. The van der Waals surface area contributed by atoms with Gasteiger partial charge >= 0.3 is 0 Å². The smallest absolute Gasteiger partial charge is 0.236 e. The molecule has 1 aromatic rings. The van der Waals surface area contributed by atoms with Crippen LogP contribution in [0.1, 0.15) is 6.42 Å². The molecule has 1 saturated carbocycles. The molecule has 2 rings (SSSR count). The van der Waals surface area contributed by atoms with Crippen LogP contribution in [0.3, 0.4) is 0 Å². The maximum absolute atomic E-state index is 13.1. The Labute approximate surface area is 103 Å². The van der Waals surface area contributed by atoms with Crippen LogP contribution in [0, 0.1) is 17.7 Å². The molecule has 0 unspecified atom stereocenters. The number of carbonyl (C=O) groups is 1. The van der Waals surface area contributed by atoms with Crippen molar-refractivity contribution in [1.29, 1.82) is 0 Å². The minimum atomic E-state index is -0.454. The van der Waals surface area contributed by atoms with Crippen molar-refractivity contribution in [3.63, 3.8) is 0 Å². The third kappa shape index (κ3) is 3.00. The van der Waals surface area contributed by atoms with Crippen LogP contribution in [0.4, 0.5) is 4.39 Å². The van der Waals surface area contributed by atoms with E-state index in [1.54, 1.807) is 18.2 Å². The van der Waals surface area contributed by atoms with Gasteiger partial charge in [0.1, 0.15) is 0 Å². The maximum atomic E-state index is 13.1. The normalized spacial score (nSPS) is 21.7. The fraction of sp³-hybridized carbons (Fsp3) is 0.250. The predicted octanol–water partition coefficient (Wildman–Crippen LogP) is 2.71. The number of rotatable bonds is 5. The van der Waals surface area contributed by atoms with Crippen LogP contribution in [-0.4, -0.2) is 5.91 Å². The Morgan fingerprint density at radius 3 is 3.00 bits per heavy atom. The predicted molar refractivity (Wildman–Crippen MR) is 64.6 cm³/mol. The quantitative estimate of drug-likeness (QED) is 0.498. The third-order valence-electron chi connectivity index (χ3n) is 2.59. The molecule has 0 radical (unpaired) electrons. The number of amides is 1. The molecular formula is C12H12FNO2S. The van der Waals surface area contributed by atoms with Gasteiger partial charge in [-0.15, -0.1) is 6.58 Å². The first-order valence-electron chi connectivity index (χ1n) is 5.23. The van der Waals surface area contributed by atoms with Gasteiger partial charge in [-0.3, -0.25) is 9.52 Å². The Morgan fingerprint density at radius 1 is 1.59 bits per heavy atom. The van der Waals surface area contributed by atoms with Crippen LogP contribution in [0.5, 0.6) is 5.75 Å². The second-order valence-corrected chi connectivity index (χ2v) is 4.34. The highest BCUT2D eigenvalue weighted by atomic mass is 32.2. The van der Waals surface area contributed by atoms with E-state index in [4.69, 9.17) is 4.18 Å². The van der Waals surface area contributed by atoms with Crippen LogP contribution in [0.25, 0.3) is 0 Å². The number of benzene rings is 1. The zero-order valence-electron chi connectivity index (χ0n) is 9.06. The molecule has 1 amide bonds. The van der Waals surface area contributed by atoms with E-state index < -0.39 is 5.82 Å². The molecule has 1 aliphatic rings. The number of halogens is 1. The highest BCUT2D eigenvalue weighted by Gasteiger charge is 2.40. The van der Waals surface area contributed by atoms with E-state index in [2.05, 4.69) is 11.3 Å². The molecule has 17 heavy (non-hydrogen) atoms. The molecule has 0 saturated heterocycles. The van der Waals surface area contributed by atoms with Gasteiger partial charge in [-0.2, -0.15) is 0 Å². The lowest BCUT2D eigenvalue weighted by Gasteiger charge is -2.05. The molecule has 0 heterocycles. The van der Waals surface area contributed by atoms with Crippen molar-refractivity contribution in [2.45, 2.75) is 6.42 Å². The molecule has 0 bridgehead atoms. The molecule has 1 N–H and O–H groups in total. The molecule has 1 fully saturated rings. The first kappa shape index (κ1) is 12.0. The first-order valence-corrected chi connectivity index (χ1v) is 5.97. The molecule has 0 aliphatic heterocycles. The van der Waals surface area contributed by atoms with Gasteiger partial charge in [0.2, 0.25) is 5.91 Å². The van der Waals surface area contributed by atoms with E-state index in [-0.39, 0.29) is 23.5 Å². The molecule has 0 spiro atoms. The van der Waals surface area contributed by atoms with Crippen LogP contribution >= 0.6 is 12.2 Å². The van der Waals surface area contributed by atoms with Crippen LogP contribution in [0.2, 0.25) is 0 Å². The zero-order valence-corrected chi connectivity index (χ0v) is 9.87. The summed E-state index contributed by atoms with van der Waals surface area (Å²) in [7, 11) is 0. The summed E-state index contributed by atoms with van der Waals surface area (Å²) < 4.78 is 20.7. The topological polar surface area (TPSA) is 38.3 Å². The van der Waals surface area contributed by atoms with E-state index >= 15 is 0 Å². The van der Waals surface area contributed by atoms with Crippen molar-refractivity contribution in [2.75, 3.05) is 0 Å². The summed E-state index contributed by atoms with van der Waals surface area (Å²) in [6.45, 7) is 3.63. The number of nitrogens with one attached hydrogen (secondary N) is 1. The lowest BCUT2D eigenvalue weighted by atomic mass is 10.3. The summed E-state index contributed by atoms with van der Waals surface area (Å²) in [4.78, 5) is 11.5. The lowest BCUT2D eigenvalue weighted by molar-refractivity contribution is -0.120. The Balaban J connectivity index is 1.75. The standard InChI is InChI=1S/C12H12FNO2S/c1-2-8-7-9(8)12(15)14-17-16-11-6-4-3-5-10(11)13/h2-6,8-9H,1,7H2,(H,14,15)/t8-,9+/m1/s1. The summed E-state index contributed by atoms with van der Waals surface area (Å²) in [5.41, 5.74) is 0. The summed E-state index contributed by atoms with van der Waals surface area (Å²) in [5.74, 6) is -0.192. The Morgan fingerprint density at radius 2 is 2.35 bits per heavy atom. The molecule has 5 heteroatoms. The summed E-state index contributed by atoms with van der Waals surface area (Å²) in [6, 6.07) is 6.03. The molecule has 1 aliphatic carbocycles. The second kappa shape index (κ2) is 5.23. The van der Waals surface area contributed by atoms with Gasteiger partial charge in [0.25, 0.3) is 0 Å². The highest BCUT2D eigenvalue weighted by Crippen LogP contribution is 2.39. The van der Waals surface area contributed by atoms with Crippen molar-refractivity contribution in [1.82, 2.24) is 4.72 Å². The Bertz CT molecular complexity index is 438. The van der Waals surface area contributed by atoms with Gasteiger partial charge in [0, 0.05) is 5.92 Å². The van der Waals surface area contributed by atoms with Crippen molar-refractivity contribution in [3.05, 3.63) is 42.7 Å². The lowest BCUT2D eigenvalue weighted by Crippen LogP contribution is -2.19. The minimum absolute atomic E-state index is 0.00998. The largest absolute Gasteiger partial charge is 0.402 e. The van der Waals surface area contributed by atoms with Gasteiger partial charge in [-0.05, 0) is 24.5 Å². The average molecular weight is 253 g/mol. The third-order valence-corrected chi connectivity index (χ3v) is 3.14. The van der Waals surface area contributed by atoms with Crippen LogP contribution < -0.4 is 8.91 Å². The number of para-hydroxylation sites is 1. The highest BCUT2D eigenvalue weighted by molar-refractivity contribution is 7.93. The monoisotopic (exact) mass is 253 g/mol. The zero-order chi connectivity index (χ0) is 12.3. The molecule has 3 nitrogen and oxygen atoms in total. The molecule has 2 atom stereocenters. The van der Waals surface area contributed by atoms with Crippen molar-refractivity contribution in [3.8, 4) is 5.75 Å². The Kier molecular flexibility index (Phi) is 3.68. The minimum Gasteiger partial charge on any atom is -0.402 e. The van der Waals surface area contributed by atoms with E-state index in [0.29, 0.717) is 0 Å². The van der Waals surface area contributed by atoms with Gasteiger partial charge in [0.05, 0.1) is 0 Å². The maximum Gasteiger partial charge on any atom is 0.236 e. The molecular weight excluding hydrogens is 241 g/mol. The van der Waals surface area contributed by atoms with E-state index in [0.717, 1.165) is 18.6 Å². The summed E-state index contributed by atoms with van der Waals surface area (Å²) in [6.07, 6.45) is 2.60.